The van der Waals surface area contributed by atoms with Crippen molar-refractivity contribution in [1.82, 2.24) is 14.8 Å². The summed E-state index contributed by atoms with van der Waals surface area (Å²) < 4.78 is 0. The number of amides is 1. The Morgan fingerprint density at radius 1 is 1.00 bits per heavy atom. The van der Waals surface area contributed by atoms with Crippen LogP contribution in [-0.4, -0.2) is 53.4 Å². The first-order valence-corrected chi connectivity index (χ1v) is 10.3. The summed E-state index contributed by atoms with van der Waals surface area (Å²) >= 11 is 0. The first-order chi connectivity index (χ1) is 14.0. The van der Waals surface area contributed by atoms with E-state index in [0.29, 0.717) is 11.4 Å². The molecule has 1 aliphatic heterocycles. The number of para-hydroxylation sites is 1. The molecule has 3 aromatic rings. The maximum Gasteiger partial charge on any atom is 0.254 e. The number of anilines is 2. The molecule has 2 aromatic carbocycles. The minimum absolute atomic E-state index is 0.0856. The minimum Gasteiger partial charge on any atom is -0.340 e. The number of carbonyl (C=O) groups excluding carboxylic acids is 1. The summed E-state index contributed by atoms with van der Waals surface area (Å²) in [5.74, 6) is 0.782. The first kappa shape index (κ1) is 19.4. The highest BCUT2D eigenvalue weighted by Crippen LogP contribution is 2.25. The van der Waals surface area contributed by atoms with Gasteiger partial charge in [-0.1, -0.05) is 31.2 Å². The lowest BCUT2D eigenvalue weighted by Crippen LogP contribution is -2.48. The molecule has 29 heavy (non-hydrogen) atoms. The Labute approximate surface area is 172 Å². The van der Waals surface area contributed by atoms with Gasteiger partial charge in [-0.3, -0.25) is 4.79 Å². The zero-order chi connectivity index (χ0) is 20.4. The Balaban J connectivity index is 1.67. The molecular formula is C24H28N4O. The Kier molecular flexibility index (Phi) is 5.49. The van der Waals surface area contributed by atoms with Crippen molar-refractivity contribution in [1.29, 1.82) is 0 Å². The molecule has 1 fully saturated rings. The van der Waals surface area contributed by atoms with E-state index in [1.807, 2.05) is 41.3 Å². The van der Waals surface area contributed by atoms with E-state index < -0.39 is 0 Å². The standard InChI is InChI=1S/C24H28N4O/c1-4-27-11-13-28(14-12-27)24(29)21-16-23(26-22-8-6-5-7-20(21)22)25-19-10-9-17(2)18(3)15-19/h5-10,15-16H,4,11-14H2,1-3H3,(H,25,26). The molecule has 1 saturated heterocycles. The van der Waals surface area contributed by atoms with Crippen molar-refractivity contribution in [3.05, 3.63) is 65.2 Å². The number of hydrogen-bond donors (Lipinski definition) is 1. The highest BCUT2D eigenvalue weighted by atomic mass is 16.2. The molecule has 0 bridgehead atoms. The van der Waals surface area contributed by atoms with Gasteiger partial charge in [-0.25, -0.2) is 4.98 Å². The molecule has 0 spiro atoms. The maximum absolute atomic E-state index is 13.4. The molecule has 5 heteroatoms. The van der Waals surface area contributed by atoms with Gasteiger partial charge in [0.2, 0.25) is 0 Å². The number of hydrogen-bond acceptors (Lipinski definition) is 4. The number of fused-ring (bicyclic) bond motifs is 1. The highest BCUT2D eigenvalue weighted by molar-refractivity contribution is 6.07. The Hall–Kier alpha value is -2.92. The lowest BCUT2D eigenvalue weighted by Gasteiger charge is -2.34. The van der Waals surface area contributed by atoms with Crippen molar-refractivity contribution in [2.75, 3.05) is 38.0 Å². The van der Waals surface area contributed by atoms with Crippen molar-refractivity contribution in [2.45, 2.75) is 20.8 Å². The van der Waals surface area contributed by atoms with E-state index >= 15 is 0 Å². The van der Waals surface area contributed by atoms with Gasteiger partial charge in [0.05, 0.1) is 11.1 Å². The summed E-state index contributed by atoms with van der Waals surface area (Å²) in [5, 5.41) is 4.29. The molecule has 0 saturated carbocycles. The zero-order valence-electron chi connectivity index (χ0n) is 17.4. The molecule has 0 unspecified atom stereocenters. The number of carbonyl (C=O) groups is 1. The number of nitrogens with one attached hydrogen (secondary N) is 1. The van der Waals surface area contributed by atoms with Gasteiger partial charge in [0.15, 0.2) is 0 Å². The molecule has 0 radical (unpaired) electrons. The fraction of sp³-hybridized carbons (Fsp3) is 0.333. The van der Waals surface area contributed by atoms with Crippen LogP contribution >= 0.6 is 0 Å². The number of nitrogens with zero attached hydrogens (tertiary/aromatic N) is 3. The van der Waals surface area contributed by atoms with Crippen LogP contribution in [0.2, 0.25) is 0 Å². The number of pyridine rings is 1. The third kappa shape index (κ3) is 4.10. The van der Waals surface area contributed by atoms with E-state index in [2.05, 4.69) is 43.1 Å². The van der Waals surface area contributed by atoms with Gasteiger partial charge in [-0.05, 0) is 55.8 Å². The molecule has 1 amide bonds. The molecule has 0 atom stereocenters. The first-order valence-electron chi connectivity index (χ1n) is 10.3. The maximum atomic E-state index is 13.4. The molecule has 1 N–H and O–H groups in total. The lowest BCUT2D eigenvalue weighted by molar-refractivity contribution is 0.0645. The van der Waals surface area contributed by atoms with E-state index in [9.17, 15) is 4.79 Å². The summed E-state index contributed by atoms with van der Waals surface area (Å²) in [6.45, 7) is 10.8. The fourth-order valence-electron chi connectivity index (χ4n) is 3.82. The van der Waals surface area contributed by atoms with Gasteiger partial charge < -0.3 is 15.1 Å². The summed E-state index contributed by atoms with van der Waals surface area (Å²) in [4.78, 5) is 22.5. The van der Waals surface area contributed by atoms with Crippen LogP contribution in [0, 0.1) is 13.8 Å². The van der Waals surface area contributed by atoms with Crippen molar-refractivity contribution < 1.29 is 4.79 Å². The molecule has 5 nitrogen and oxygen atoms in total. The second-order valence-corrected chi connectivity index (χ2v) is 7.72. The topological polar surface area (TPSA) is 48.5 Å². The summed E-state index contributed by atoms with van der Waals surface area (Å²) in [6, 6.07) is 16.0. The zero-order valence-corrected chi connectivity index (χ0v) is 17.4. The lowest BCUT2D eigenvalue weighted by atomic mass is 10.1. The van der Waals surface area contributed by atoms with Crippen LogP contribution in [-0.2, 0) is 0 Å². The van der Waals surface area contributed by atoms with Gasteiger partial charge in [0.25, 0.3) is 5.91 Å². The number of piperazine rings is 1. The van der Waals surface area contributed by atoms with Gasteiger partial charge in [-0.15, -0.1) is 0 Å². The van der Waals surface area contributed by atoms with Crippen LogP contribution in [0.3, 0.4) is 0 Å². The molecule has 2 heterocycles. The van der Waals surface area contributed by atoms with Gasteiger partial charge in [0.1, 0.15) is 5.82 Å². The molecule has 0 aliphatic carbocycles. The van der Waals surface area contributed by atoms with Crippen LogP contribution in [0.5, 0.6) is 0 Å². The largest absolute Gasteiger partial charge is 0.340 e. The van der Waals surface area contributed by atoms with E-state index in [4.69, 9.17) is 4.98 Å². The van der Waals surface area contributed by atoms with Crippen LogP contribution in [0.25, 0.3) is 10.9 Å². The quantitative estimate of drug-likeness (QED) is 0.721. The van der Waals surface area contributed by atoms with E-state index in [-0.39, 0.29) is 5.91 Å². The van der Waals surface area contributed by atoms with E-state index in [1.165, 1.54) is 11.1 Å². The van der Waals surface area contributed by atoms with E-state index in [1.54, 1.807) is 0 Å². The fourth-order valence-corrected chi connectivity index (χ4v) is 3.82. The summed E-state index contributed by atoms with van der Waals surface area (Å²) in [5.41, 5.74) is 5.00. The number of benzene rings is 2. The number of rotatable bonds is 4. The average Bonchev–Trinajstić information content (AvgIpc) is 2.75. The van der Waals surface area contributed by atoms with E-state index in [0.717, 1.165) is 49.3 Å². The highest BCUT2D eigenvalue weighted by Gasteiger charge is 2.23. The van der Waals surface area contributed by atoms with Crippen molar-refractivity contribution in [2.24, 2.45) is 0 Å². The Morgan fingerprint density at radius 3 is 2.48 bits per heavy atom. The molecule has 4 rings (SSSR count). The SMILES string of the molecule is CCN1CCN(C(=O)c2cc(Nc3ccc(C)c(C)c3)nc3ccccc23)CC1. The molecule has 1 aromatic heterocycles. The molecule has 150 valence electrons. The Bertz CT molecular complexity index is 1040. The smallest absolute Gasteiger partial charge is 0.254 e. The minimum atomic E-state index is 0.0856. The van der Waals surface area contributed by atoms with Crippen LogP contribution < -0.4 is 5.32 Å². The third-order valence-corrected chi connectivity index (χ3v) is 5.83. The number of aromatic nitrogens is 1. The van der Waals surface area contributed by atoms with Crippen molar-refractivity contribution in [3.63, 3.8) is 0 Å². The average molecular weight is 389 g/mol. The normalized spacial score (nSPS) is 14.9. The molecular weight excluding hydrogens is 360 g/mol. The predicted molar refractivity (Wildman–Crippen MR) is 119 cm³/mol. The number of likely N-dealkylation sites (N-methyl/N-ethyl adjacent to an activating group) is 1. The second-order valence-electron chi connectivity index (χ2n) is 7.72. The number of aryl methyl sites for hydroxylation is 2. The van der Waals surface area contributed by atoms with Crippen LogP contribution in [0.4, 0.5) is 11.5 Å². The summed E-state index contributed by atoms with van der Waals surface area (Å²) in [6.07, 6.45) is 0. The Morgan fingerprint density at radius 2 is 1.76 bits per heavy atom. The third-order valence-electron chi connectivity index (χ3n) is 5.83. The predicted octanol–water partition coefficient (Wildman–Crippen LogP) is 4.37. The van der Waals surface area contributed by atoms with Crippen LogP contribution in [0.1, 0.15) is 28.4 Å². The second kappa shape index (κ2) is 8.21. The van der Waals surface area contributed by atoms with Gasteiger partial charge in [0, 0.05) is 37.3 Å². The monoisotopic (exact) mass is 388 g/mol. The summed E-state index contributed by atoms with van der Waals surface area (Å²) in [7, 11) is 0. The van der Waals surface area contributed by atoms with Crippen molar-refractivity contribution in [3.8, 4) is 0 Å². The molecule has 1 aliphatic rings. The van der Waals surface area contributed by atoms with Crippen molar-refractivity contribution >= 4 is 28.3 Å². The van der Waals surface area contributed by atoms with Gasteiger partial charge in [-0.2, -0.15) is 0 Å². The van der Waals surface area contributed by atoms with Gasteiger partial charge >= 0.3 is 0 Å². The van der Waals surface area contributed by atoms with Crippen LogP contribution in [0.15, 0.2) is 48.5 Å².